The van der Waals surface area contributed by atoms with Gasteiger partial charge in [-0.1, -0.05) is 30.3 Å². The lowest BCUT2D eigenvalue weighted by Gasteiger charge is -2.18. The molecule has 0 aliphatic carbocycles. The van der Waals surface area contributed by atoms with Crippen molar-refractivity contribution in [1.29, 1.82) is 0 Å². The molecular formula is C29H27FN4O3. The van der Waals surface area contributed by atoms with Crippen LogP contribution in [-0.4, -0.2) is 57.0 Å². The zero-order chi connectivity index (χ0) is 25.9. The Balaban J connectivity index is 1.54. The first-order valence-electron chi connectivity index (χ1n) is 11.9. The lowest BCUT2D eigenvalue weighted by atomic mass is 9.97. The van der Waals surface area contributed by atoms with Gasteiger partial charge in [0.2, 0.25) is 0 Å². The molecule has 0 unspecified atom stereocenters. The number of likely N-dealkylation sites (N-methyl/N-ethyl adjacent to an activating group) is 1. The number of aliphatic hydroxyl groups excluding tert-OH is 1. The number of pyridine rings is 1. The van der Waals surface area contributed by atoms with Crippen LogP contribution in [0.5, 0.6) is 11.5 Å². The molecule has 7 nitrogen and oxygen atoms in total. The van der Waals surface area contributed by atoms with Crippen molar-refractivity contribution in [1.82, 2.24) is 19.4 Å². The molecule has 2 heterocycles. The Hall–Kier alpha value is -4.27. The Morgan fingerprint density at radius 3 is 2.51 bits per heavy atom. The molecule has 0 fully saturated rings. The summed E-state index contributed by atoms with van der Waals surface area (Å²) in [5.41, 5.74) is 4.70. The highest BCUT2D eigenvalue weighted by Gasteiger charge is 2.19. The first-order valence-corrected chi connectivity index (χ1v) is 11.9. The summed E-state index contributed by atoms with van der Waals surface area (Å²) >= 11 is 0. The number of hydrogen-bond acceptors (Lipinski definition) is 6. The van der Waals surface area contributed by atoms with Gasteiger partial charge in [0.15, 0.2) is 5.75 Å². The average molecular weight is 499 g/mol. The van der Waals surface area contributed by atoms with E-state index in [4.69, 9.17) is 4.74 Å². The molecule has 2 N–H and O–H groups in total. The molecule has 8 heteroatoms. The maximum atomic E-state index is 15.5. The van der Waals surface area contributed by atoms with E-state index in [2.05, 4.69) is 9.97 Å². The van der Waals surface area contributed by atoms with E-state index in [1.807, 2.05) is 66.5 Å². The number of aromatic hydroxyl groups is 1. The van der Waals surface area contributed by atoms with Crippen LogP contribution < -0.4 is 4.74 Å². The molecule has 0 spiro atoms. The molecule has 5 aromatic rings. The van der Waals surface area contributed by atoms with Crippen LogP contribution in [0.2, 0.25) is 0 Å². The molecule has 188 valence electrons. The number of hydrogen-bond donors (Lipinski definition) is 2. The topological polar surface area (TPSA) is 83.6 Å². The van der Waals surface area contributed by atoms with Crippen molar-refractivity contribution >= 4 is 11.0 Å². The third-order valence-electron chi connectivity index (χ3n) is 6.39. The Morgan fingerprint density at radius 1 is 1.00 bits per heavy atom. The van der Waals surface area contributed by atoms with Crippen LogP contribution in [0.3, 0.4) is 0 Å². The summed E-state index contributed by atoms with van der Waals surface area (Å²) in [4.78, 5) is 10.7. The number of halogens is 1. The van der Waals surface area contributed by atoms with Gasteiger partial charge in [-0.25, -0.2) is 14.4 Å². The van der Waals surface area contributed by atoms with Crippen molar-refractivity contribution < 1.29 is 19.3 Å². The Morgan fingerprint density at radius 2 is 1.78 bits per heavy atom. The second-order valence-corrected chi connectivity index (χ2v) is 8.82. The first-order chi connectivity index (χ1) is 18.0. The van der Waals surface area contributed by atoms with Gasteiger partial charge in [-0.2, -0.15) is 0 Å². The molecular weight excluding hydrogens is 471 g/mol. The maximum absolute atomic E-state index is 15.5. The highest BCUT2D eigenvalue weighted by molar-refractivity contribution is 5.89. The largest absolute Gasteiger partial charge is 0.504 e. The second-order valence-electron chi connectivity index (χ2n) is 8.82. The molecule has 0 saturated heterocycles. The number of aromatic nitrogens is 3. The number of fused-ring (bicyclic) bond motifs is 1. The zero-order valence-corrected chi connectivity index (χ0v) is 20.6. The van der Waals surface area contributed by atoms with Crippen LogP contribution in [0.15, 0.2) is 79.3 Å². The summed E-state index contributed by atoms with van der Waals surface area (Å²) < 4.78 is 22.5. The van der Waals surface area contributed by atoms with Crippen molar-refractivity contribution in [2.24, 2.45) is 0 Å². The Bertz CT molecular complexity index is 1550. The van der Waals surface area contributed by atoms with E-state index in [9.17, 15) is 10.2 Å². The van der Waals surface area contributed by atoms with Crippen molar-refractivity contribution in [3.63, 3.8) is 0 Å². The van der Waals surface area contributed by atoms with Gasteiger partial charge in [-0.15, -0.1) is 0 Å². The van der Waals surface area contributed by atoms with Crippen molar-refractivity contribution in [3.8, 4) is 39.6 Å². The van der Waals surface area contributed by atoms with Gasteiger partial charge in [0.25, 0.3) is 0 Å². The maximum Gasteiger partial charge on any atom is 0.168 e. The van der Waals surface area contributed by atoms with E-state index in [1.165, 1.54) is 12.3 Å². The van der Waals surface area contributed by atoms with E-state index in [0.29, 0.717) is 29.9 Å². The predicted molar refractivity (Wildman–Crippen MR) is 141 cm³/mol. The molecule has 0 amide bonds. The monoisotopic (exact) mass is 498 g/mol. The fraction of sp³-hybridized carbons (Fsp3) is 0.172. The Kier molecular flexibility index (Phi) is 6.85. The van der Waals surface area contributed by atoms with Crippen molar-refractivity contribution in [2.75, 3.05) is 27.3 Å². The summed E-state index contributed by atoms with van der Waals surface area (Å²) in [5.74, 6) is 0.0701. The molecule has 37 heavy (non-hydrogen) atoms. The van der Waals surface area contributed by atoms with Crippen LogP contribution in [0, 0.1) is 5.82 Å². The normalized spacial score (nSPS) is 11.4. The Labute approximate surface area is 214 Å². The number of benzene rings is 3. The molecule has 0 atom stereocenters. The van der Waals surface area contributed by atoms with Gasteiger partial charge in [0.05, 0.1) is 19.9 Å². The molecule has 0 bridgehead atoms. The lowest BCUT2D eigenvalue weighted by molar-refractivity contribution is 0.217. The van der Waals surface area contributed by atoms with E-state index >= 15 is 4.39 Å². The molecule has 3 aromatic carbocycles. The second kappa shape index (κ2) is 10.4. The quantitative estimate of drug-likeness (QED) is 0.312. The predicted octanol–water partition coefficient (Wildman–Crippen LogP) is 5.03. The summed E-state index contributed by atoms with van der Waals surface area (Å²) in [6.45, 7) is 1.23. The number of aliphatic hydroxyl groups is 1. The number of methoxy groups -OCH3 is 1. The number of imidazole rings is 1. The summed E-state index contributed by atoms with van der Waals surface area (Å²) in [5, 5.41) is 20.4. The van der Waals surface area contributed by atoms with E-state index in [-0.39, 0.29) is 23.6 Å². The summed E-state index contributed by atoms with van der Waals surface area (Å²) in [6, 6.07) is 20.1. The summed E-state index contributed by atoms with van der Waals surface area (Å²) in [7, 11) is 3.53. The minimum atomic E-state index is -0.492. The minimum absolute atomic E-state index is 0.0696. The van der Waals surface area contributed by atoms with Gasteiger partial charge in [0.1, 0.15) is 34.6 Å². The van der Waals surface area contributed by atoms with Gasteiger partial charge in [-0.3, -0.25) is 9.47 Å². The molecule has 0 aliphatic heterocycles. The van der Waals surface area contributed by atoms with Crippen LogP contribution >= 0.6 is 0 Å². The van der Waals surface area contributed by atoms with Crippen LogP contribution in [0.4, 0.5) is 4.39 Å². The fourth-order valence-corrected chi connectivity index (χ4v) is 4.48. The highest BCUT2D eigenvalue weighted by Crippen LogP contribution is 2.37. The van der Waals surface area contributed by atoms with Gasteiger partial charge >= 0.3 is 0 Å². The van der Waals surface area contributed by atoms with E-state index < -0.39 is 5.82 Å². The van der Waals surface area contributed by atoms with E-state index in [1.54, 1.807) is 24.1 Å². The van der Waals surface area contributed by atoms with Crippen molar-refractivity contribution in [3.05, 3.63) is 90.6 Å². The molecule has 5 rings (SSSR count). The number of rotatable bonds is 8. The number of nitrogens with zero attached hydrogens (tertiary/aromatic N) is 4. The van der Waals surface area contributed by atoms with Gasteiger partial charge < -0.3 is 14.9 Å². The van der Waals surface area contributed by atoms with Crippen molar-refractivity contribution in [2.45, 2.75) is 6.54 Å². The summed E-state index contributed by atoms with van der Waals surface area (Å²) in [6.07, 6.45) is 3.13. The molecule has 2 aromatic heterocycles. The molecule has 0 radical (unpaired) electrons. The lowest BCUT2D eigenvalue weighted by Crippen LogP contribution is -2.21. The highest BCUT2D eigenvalue weighted by atomic mass is 19.1. The van der Waals surface area contributed by atoms with Crippen LogP contribution in [-0.2, 0) is 6.54 Å². The SMILES string of the molecule is COc1ccc(-n2cnc3cnc(-c4ccc(-c5ccccc5CN(C)CCO)cc4F)c(O)c32)cc1. The minimum Gasteiger partial charge on any atom is -0.504 e. The van der Waals surface area contributed by atoms with E-state index in [0.717, 1.165) is 22.4 Å². The number of ether oxygens (including phenoxy) is 1. The third-order valence-corrected chi connectivity index (χ3v) is 6.39. The van der Waals surface area contributed by atoms with Gasteiger partial charge in [0, 0.05) is 24.3 Å². The zero-order valence-electron chi connectivity index (χ0n) is 20.6. The standard InChI is InChI=1S/C29H27FN4O3/c1-33(13-14-35)17-20-5-3-4-6-23(20)19-7-12-24(25(30)15-19)27-29(36)28-26(16-31-27)32-18-34(28)21-8-10-22(37-2)11-9-21/h3-12,15-16,18,35-36H,13-14,17H2,1-2H3. The first kappa shape index (κ1) is 24.4. The fourth-order valence-electron chi connectivity index (χ4n) is 4.48. The third kappa shape index (κ3) is 4.76. The van der Waals surface area contributed by atoms with Gasteiger partial charge in [-0.05, 0) is 60.1 Å². The molecule has 0 aliphatic rings. The molecule has 0 saturated carbocycles. The smallest absolute Gasteiger partial charge is 0.168 e. The average Bonchev–Trinajstić information content (AvgIpc) is 3.35. The van der Waals surface area contributed by atoms with Crippen LogP contribution in [0.1, 0.15) is 5.56 Å². The van der Waals surface area contributed by atoms with Crippen LogP contribution in [0.25, 0.3) is 39.1 Å².